The molecule has 25 heavy (non-hydrogen) atoms. The monoisotopic (exact) mass is 335 g/mol. The Morgan fingerprint density at radius 3 is 2.64 bits per heavy atom. The van der Waals surface area contributed by atoms with E-state index in [1.54, 1.807) is 6.07 Å². The van der Waals surface area contributed by atoms with Crippen LogP contribution in [0.1, 0.15) is 40.4 Å². The molecule has 4 rings (SSSR count). The van der Waals surface area contributed by atoms with Crippen LogP contribution in [0.2, 0.25) is 0 Å². The van der Waals surface area contributed by atoms with Gasteiger partial charge in [-0.05, 0) is 31.9 Å². The summed E-state index contributed by atoms with van der Waals surface area (Å²) in [6.07, 6.45) is 4.94. The highest BCUT2D eigenvalue weighted by Crippen LogP contribution is 2.30. The third kappa shape index (κ3) is 3.22. The summed E-state index contributed by atoms with van der Waals surface area (Å²) in [5.74, 6) is 0.470. The summed E-state index contributed by atoms with van der Waals surface area (Å²) >= 11 is 0. The molecule has 0 spiro atoms. The molecule has 2 aromatic heterocycles. The van der Waals surface area contributed by atoms with Gasteiger partial charge in [0.2, 0.25) is 0 Å². The number of furan rings is 1. The van der Waals surface area contributed by atoms with E-state index >= 15 is 0 Å². The van der Waals surface area contributed by atoms with Gasteiger partial charge in [-0.1, -0.05) is 29.8 Å². The number of piperidine rings is 1. The molecule has 1 aliphatic heterocycles. The van der Waals surface area contributed by atoms with Crippen molar-refractivity contribution >= 4 is 5.91 Å². The van der Waals surface area contributed by atoms with Crippen molar-refractivity contribution in [2.75, 3.05) is 13.1 Å². The maximum absolute atomic E-state index is 12.4. The van der Waals surface area contributed by atoms with E-state index in [2.05, 4.69) is 47.5 Å². The van der Waals surface area contributed by atoms with Crippen molar-refractivity contribution in [3.8, 4) is 11.3 Å². The molecule has 5 nitrogen and oxygen atoms in total. The molecule has 1 aromatic carbocycles. The SMILES string of the molecule is Cc1ccc(-c2cc(C3CCN(C(=O)c4ccoc4)CC3)[nH]n2)cc1. The fourth-order valence-corrected chi connectivity index (χ4v) is 3.38. The number of hydrogen-bond donors (Lipinski definition) is 1. The molecule has 0 radical (unpaired) electrons. The molecule has 128 valence electrons. The molecular formula is C20H21N3O2. The smallest absolute Gasteiger partial charge is 0.257 e. The first-order valence-electron chi connectivity index (χ1n) is 8.64. The minimum atomic E-state index is 0.0529. The first kappa shape index (κ1) is 15.7. The summed E-state index contributed by atoms with van der Waals surface area (Å²) in [5.41, 5.74) is 5.13. The van der Waals surface area contributed by atoms with Crippen molar-refractivity contribution in [1.29, 1.82) is 0 Å². The van der Waals surface area contributed by atoms with E-state index in [9.17, 15) is 4.79 Å². The first-order chi connectivity index (χ1) is 12.2. The summed E-state index contributed by atoms with van der Waals surface area (Å²) in [7, 11) is 0. The minimum absolute atomic E-state index is 0.0529. The zero-order chi connectivity index (χ0) is 17.2. The quantitative estimate of drug-likeness (QED) is 0.787. The van der Waals surface area contributed by atoms with E-state index in [4.69, 9.17) is 4.42 Å². The topological polar surface area (TPSA) is 62.1 Å². The van der Waals surface area contributed by atoms with Gasteiger partial charge < -0.3 is 9.32 Å². The Kier molecular flexibility index (Phi) is 4.14. The van der Waals surface area contributed by atoms with Crippen LogP contribution in [0.5, 0.6) is 0 Å². The van der Waals surface area contributed by atoms with E-state index in [0.717, 1.165) is 42.9 Å². The van der Waals surface area contributed by atoms with Gasteiger partial charge in [0, 0.05) is 30.3 Å². The molecule has 0 bridgehead atoms. The second-order valence-corrected chi connectivity index (χ2v) is 6.65. The van der Waals surface area contributed by atoms with Crippen LogP contribution < -0.4 is 0 Å². The molecule has 1 saturated heterocycles. The van der Waals surface area contributed by atoms with Gasteiger partial charge in [0.1, 0.15) is 6.26 Å². The minimum Gasteiger partial charge on any atom is -0.472 e. The van der Waals surface area contributed by atoms with Gasteiger partial charge in [0.15, 0.2) is 0 Å². The van der Waals surface area contributed by atoms with Gasteiger partial charge in [-0.25, -0.2) is 0 Å². The maximum atomic E-state index is 12.4. The molecule has 3 heterocycles. The van der Waals surface area contributed by atoms with Gasteiger partial charge >= 0.3 is 0 Å². The number of rotatable bonds is 3. The van der Waals surface area contributed by atoms with Crippen LogP contribution in [-0.2, 0) is 0 Å². The van der Waals surface area contributed by atoms with Gasteiger partial charge in [0.05, 0.1) is 17.5 Å². The summed E-state index contributed by atoms with van der Waals surface area (Å²) in [6, 6.07) is 12.3. The fourth-order valence-electron chi connectivity index (χ4n) is 3.38. The number of hydrogen-bond acceptors (Lipinski definition) is 3. The molecule has 1 amide bonds. The zero-order valence-corrected chi connectivity index (χ0v) is 14.2. The van der Waals surface area contributed by atoms with Crippen molar-refractivity contribution in [2.24, 2.45) is 0 Å². The zero-order valence-electron chi connectivity index (χ0n) is 14.2. The molecule has 0 aliphatic carbocycles. The molecule has 1 N–H and O–H groups in total. The van der Waals surface area contributed by atoms with Crippen LogP contribution in [-0.4, -0.2) is 34.1 Å². The van der Waals surface area contributed by atoms with E-state index in [1.165, 1.54) is 18.1 Å². The number of aryl methyl sites for hydroxylation is 1. The predicted molar refractivity (Wildman–Crippen MR) is 95.3 cm³/mol. The number of carbonyl (C=O) groups is 1. The molecule has 1 fully saturated rings. The Balaban J connectivity index is 1.41. The van der Waals surface area contributed by atoms with Crippen LogP contribution in [0, 0.1) is 6.92 Å². The van der Waals surface area contributed by atoms with Crippen LogP contribution >= 0.6 is 0 Å². The lowest BCUT2D eigenvalue weighted by molar-refractivity contribution is 0.0711. The Labute approximate surface area is 146 Å². The molecule has 0 saturated carbocycles. The molecule has 0 unspecified atom stereocenters. The Morgan fingerprint density at radius 2 is 1.96 bits per heavy atom. The van der Waals surface area contributed by atoms with E-state index < -0.39 is 0 Å². The second kappa shape index (κ2) is 6.59. The van der Waals surface area contributed by atoms with E-state index in [1.807, 2.05) is 4.90 Å². The Morgan fingerprint density at radius 1 is 1.20 bits per heavy atom. The van der Waals surface area contributed by atoms with Gasteiger partial charge in [-0.15, -0.1) is 0 Å². The highest BCUT2D eigenvalue weighted by atomic mass is 16.3. The standard InChI is InChI=1S/C20H21N3O2/c1-14-2-4-15(5-3-14)18-12-19(22-21-18)16-6-9-23(10-7-16)20(24)17-8-11-25-13-17/h2-5,8,11-13,16H,6-7,9-10H2,1H3,(H,21,22). The summed E-state index contributed by atoms with van der Waals surface area (Å²) in [4.78, 5) is 14.3. The normalized spacial score (nSPS) is 15.5. The number of carbonyl (C=O) groups excluding carboxylic acids is 1. The number of nitrogens with zero attached hydrogens (tertiary/aromatic N) is 2. The molecular weight excluding hydrogens is 314 g/mol. The van der Waals surface area contributed by atoms with Crippen molar-refractivity contribution in [3.05, 3.63) is 65.7 Å². The van der Waals surface area contributed by atoms with E-state index in [-0.39, 0.29) is 5.91 Å². The lowest BCUT2D eigenvalue weighted by Gasteiger charge is -2.31. The fraction of sp³-hybridized carbons (Fsp3) is 0.300. The highest BCUT2D eigenvalue weighted by Gasteiger charge is 2.26. The van der Waals surface area contributed by atoms with Gasteiger partial charge in [-0.3, -0.25) is 9.89 Å². The van der Waals surface area contributed by atoms with Gasteiger partial charge in [-0.2, -0.15) is 5.10 Å². The van der Waals surface area contributed by atoms with Crippen molar-refractivity contribution in [1.82, 2.24) is 15.1 Å². The Hall–Kier alpha value is -2.82. The number of aromatic nitrogens is 2. The maximum Gasteiger partial charge on any atom is 0.257 e. The number of amides is 1. The number of benzene rings is 1. The number of likely N-dealkylation sites (tertiary alicyclic amines) is 1. The highest BCUT2D eigenvalue weighted by molar-refractivity contribution is 5.93. The van der Waals surface area contributed by atoms with Crippen molar-refractivity contribution in [2.45, 2.75) is 25.7 Å². The van der Waals surface area contributed by atoms with Crippen LogP contribution in [0.25, 0.3) is 11.3 Å². The summed E-state index contributed by atoms with van der Waals surface area (Å²) < 4.78 is 5.01. The third-order valence-electron chi connectivity index (χ3n) is 4.94. The molecule has 1 aliphatic rings. The van der Waals surface area contributed by atoms with Crippen LogP contribution in [0.4, 0.5) is 0 Å². The average molecular weight is 335 g/mol. The lowest BCUT2D eigenvalue weighted by Crippen LogP contribution is -2.37. The van der Waals surface area contributed by atoms with Crippen molar-refractivity contribution < 1.29 is 9.21 Å². The van der Waals surface area contributed by atoms with Crippen molar-refractivity contribution in [3.63, 3.8) is 0 Å². The van der Waals surface area contributed by atoms with Crippen LogP contribution in [0.3, 0.4) is 0 Å². The first-order valence-corrected chi connectivity index (χ1v) is 8.64. The summed E-state index contributed by atoms with van der Waals surface area (Å²) in [5, 5.41) is 7.66. The lowest BCUT2D eigenvalue weighted by atomic mass is 9.93. The van der Waals surface area contributed by atoms with Crippen LogP contribution in [0.15, 0.2) is 53.3 Å². The molecule has 5 heteroatoms. The summed E-state index contributed by atoms with van der Waals surface area (Å²) in [6.45, 7) is 3.60. The molecule has 0 atom stereocenters. The third-order valence-corrected chi connectivity index (χ3v) is 4.94. The molecule has 3 aromatic rings. The van der Waals surface area contributed by atoms with Gasteiger partial charge in [0.25, 0.3) is 5.91 Å². The largest absolute Gasteiger partial charge is 0.472 e. The average Bonchev–Trinajstić information content (AvgIpc) is 3.34. The Bertz CT molecular complexity index is 841. The predicted octanol–water partition coefficient (Wildman–Crippen LogP) is 4.00. The number of nitrogens with one attached hydrogen (secondary N) is 1. The second-order valence-electron chi connectivity index (χ2n) is 6.65. The number of aromatic amines is 1. The van der Waals surface area contributed by atoms with E-state index in [0.29, 0.717) is 11.5 Å². The number of H-pyrrole nitrogens is 1.